The molecule has 0 saturated heterocycles. The summed E-state index contributed by atoms with van der Waals surface area (Å²) in [6, 6.07) is 53.9. The second-order valence-electron chi connectivity index (χ2n) is 15.6. The molecule has 0 spiro atoms. The standard InChI is InChI=1S/C54H50N2/c1-35-26-38(4)54(39(5)27-35)48-24-25-55(7)52(32-48)50-31-46(23-21-36(50)2)43-17-12-16-42(28-43)44-18-13-19-47(29-44)49-33-53(56(8)34-40(49)6)51-30-45(22-20-37(51)3)41-14-10-9-11-15-41/h9-34H,1-8H3/q+2. The Labute approximate surface area is 333 Å². The van der Waals surface area contributed by atoms with E-state index in [-0.39, 0.29) is 0 Å². The summed E-state index contributed by atoms with van der Waals surface area (Å²) in [5.41, 5.74) is 24.9. The van der Waals surface area contributed by atoms with E-state index in [0.29, 0.717) is 0 Å². The van der Waals surface area contributed by atoms with Gasteiger partial charge in [-0.25, -0.2) is 9.13 Å². The van der Waals surface area contributed by atoms with Gasteiger partial charge >= 0.3 is 0 Å². The number of aryl methyl sites for hydroxylation is 8. The van der Waals surface area contributed by atoms with Gasteiger partial charge in [0.05, 0.1) is 0 Å². The Morgan fingerprint density at radius 2 is 0.821 bits per heavy atom. The number of hydrogen-bond donors (Lipinski definition) is 0. The first-order valence-corrected chi connectivity index (χ1v) is 19.6. The molecule has 0 bridgehead atoms. The lowest BCUT2D eigenvalue weighted by Crippen LogP contribution is -2.31. The molecule has 0 saturated carbocycles. The zero-order chi connectivity index (χ0) is 39.1. The van der Waals surface area contributed by atoms with Crippen LogP contribution in [0.2, 0.25) is 0 Å². The van der Waals surface area contributed by atoms with E-state index < -0.39 is 0 Å². The van der Waals surface area contributed by atoms with Crippen molar-refractivity contribution in [2.75, 3.05) is 0 Å². The normalized spacial score (nSPS) is 11.2. The lowest BCUT2D eigenvalue weighted by atomic mass is 9.91. The summed E-state index contributed by atoms with van der Waals surface area (Å²) in [5.74, 6) is 0. The quantitative estimate of drug-likeness (QED) is 0.145. The molecule has 2 heteroatoms. The maximum Gasteiger partial charge on any atom is 0.213 e. The molecular formula is C54H50N2+2. The monoisotopic (exact) mass is 726 g/mol. The first-order valence-electron chi connectivity index (χ1n) is 19.6. The number of benzene rings is 6. The number of aromatic nitrogens is 2. The van der Waals surface area contributed by atoms with E-state index in [1.54, 1.807) is 0 Å². The van der Waals surface area contributed by atoms with Gasteiger partial charge in [0, 0.05) is 34.9 Å². The second-order valence-corrected chi connectivity index (χ2v) is 15.6. The predicted octanol–water partition coefficient (Wildman–Crippen LogP) is 12.9. The maximum atomic E-state index is 2.37. The van der Waals surface area contributed by atoms with Crippen molar-refractivity contribution < 1.29 is 9.13 Å². The van der Waals surface area contributed by atoms with Crippen molar-refractivity contribution in [1.82, 2.24) is 0 Å². The lowest BCUT2D eigenvalue weighted by Gasteiger charge is -2.14. The summed E-state index contributed by atoms with van der Waals surface area (Å²) in [4.78, 5) is 0. The Kier molecular flexibility index (Phi) is 9.83. The van der Waals surface area contributed by atoms with E-state index >= 15 is 0 Å². The summed E-state index contributed by atoms with van der Waals surface area (Å²) in [6.07, 6.45) is 4.46. The summed E-state index contributed by atoms with van der Waals surface area (Å²) in [5, 5.41) is 0. The Hall–Kier alpha value is -6.38. The molecule has 8 aromatic rings. The molecule has 2 nitrogen and oxygen atoms in total. The van der Waals surface area contributed by atoms with E-state index in [2.05, 4.69) is 223 Å². The van der Waals surface area contributed by atoms with Crippen LogP contribution in [-0.4, -0.2) is 0 Å². The van der Waals surface area contributed by atoms with Gasteiger partial charge in [-0.05, 0) is 144 Å². The second kappa shape index (κ2) is 15.0. The first-order chi connectivity index (χ1) is 27.0. The minimum absolute atomic E-state index is 1.20. The molecular weight excluding hydrogens is 677 g/mol. The largest absolute Gasteiger partial charge is 0.213 e. The molecule has 0 unspecified atom stereocenters. The predicted molar refractivity (Wildman–Crippen MR) is 235 cm³/mol. The van der Waals surface area contributed by atoms with Gasteiger partial charge in [-0.1, -0.05) is 109 Å². The smallest absolute Gasteiger partial charge is 0.201 e. The number of nitrogens with zero attached hydrogens (tertiary/aromatic N) is 2. The Morgan fingerprint density at radius 1 is 0.321 bits per heavy atom. The highest BCUT2D eigenvalue weighted by molar-refractivity contribution is 5.82. The van der Waals surface area contributed by atoms with Gasteiger partial charge in [-0.3, -0.25) is 0 Å². The van der Waals surface area contributed by atoms with Crippen molar-refractivity contribution in [1.29, 1.82) is 0 Å². The van der Waals surface area contributed by atoms with Gasteiger partial charge in [0.1, 0.15) is 14.1 Å². The van der Waals surface area contributed by atoms with E-state index in [1.165, 1.54) is 112 Å². The summed E-state index contributed by atoms with van der Waals surface area (Å²) in [6.45, 7) is 13.3. The molecule has 2 heterocycles. The van der Waals surface area contributed by atoms with Gasteiger partial charge < -0.3 is 0 Å². The maximum absolute atomic E-state index is 2.37. The summed E-state index contributed by atoms with van der Waals surface area (Å²) in [7, 11) is 4.30. The third kappa shape index (κ3) is 7.11. The first kappa shape index (κ1) is 36.6. The third-order valence-electron chi connectivity index (χ3n) is 11.4. The van der Waals surface area contributed by atoms with Crippen LogP contribution in [0.1, 0.15) is 33.4 Å². The molecule has 0 aliphatic heterocycles. The number of hydrogen-bond acceptors (Lipinski definition) is 0. The van der Waals surface area contributed by atoms with Gasteiger partial charge in [0.15, 0.2) is 12.4 Å². The lowest BCUT2D eigenvalue weighted by molar-refractivity contribution is -0.660. The third-order valence-corrected chi connectivity index (χ3v) is 11.4. The number of rotatable bonds is 7. The fourth-order valence-electron chi connectivity index (χ4n) is 8.52. The van der Waals surface area contributed by atoms with Crippen LogP contribution in [0.3, 0.4) is 0 Å². The average molecular weight is 727 g/mol. The van der Waals surface area contributed by atoms with Crippen LogP contribution < -0.4 is 9.13 Å². The zero-order valence-corrected chi connectivity index (χ0v) is 33.9. The summed E-state index contributed by atoms with van der Waals surface area (Å²) >= 11 is 0. The van der Waals surface area contributed by atoms with E-state index in [4.69, 9.17) is 0 Å². The molecule has 0 atom stereocenters. The molecule has 0 fully saturated rings. The van der Waals surface area contributed by atoms with Crippen molar-refractivity contribution in [2.45, 2.75) is 41.5 Å². The minimum atomic E-state index is 1.20. The number of pyridine rings is 2. The van der Waals surface area contributed by atoms with E-state index in [1.807, 2.05) is 0 Å². The molecule has 2 aromatic heterocycles. The van der Waals surface area contributed by atoms with Crippen molar-refractivity contribution >= 4 is 0 Å². The Morgan fingerprint density at radius 3 is 1.43 bits per heavy atom. The molecule has 56 heavy (non-hydrogen) atoms. The van der Waals surface area contributed by atoms with Crippen LogP contribution in [0.5, 0.6) is 0 Å². The SMILES string of the molecule is Cc1cc(C)c(-c2cc[n+](C)c(-c3cc(-c4cccc(-c5cccc(-c6cc(-c7cc(-c8ccccc8)ccc7C)[n+](C)cc6C)c5)c4)ccc3C)c2)c(C)c1. The van der Waals surface area contributed by atoms with Crippen LogP contribution in [-0.2, 0) is 14.1 Å². The van der Waals surface area contributed by atoms with Crippen molar-refractivity contribution in [3.05, 3.63) is 191 Å². The Bertz CT molecular complexity index is 2750. The zero-order valence-electron chi connectivity index (χ0n) is 33.9. The Balaban J connectivity index is 1.14. The highest BCUT2D eigenvalue weighted by atomic mass is 14.9. The van der Waals surface area contributed by atoms with E-state index in [9.17, 15) is 0 Å². The molecule has 8 rings (SSSR count). The van der Waals surface area contributed by atoms with Crippen LogP contribution in [0.4, 0.5) is 0 Å². The van der Waals surface area contributed by atoms with Crippen molar-refractivity contribution in [3.63, 3.8) is 0 Å². The van der Waals surface area contributed by atoms with E-state index in [0.717, 1.165) is 0 Å². The molecule has 0 radical (unpaired) electrons. The molecule has 0 aliphatic carbocycles. The van der Waals surface area contributed by atoms with Crippen LogP contribution in [0, 0.1) is 41.5 Å². The topological polar surface area (TPSA) is 7.76 Å². The molecule has 0 amide bonds. The van der Waals surface area contributed by atoms with Gasteiger partial charge in [-0.15, -0.1) is 0 Å². The minimum Gasteiger partial charge on any atom is -0.201 e. The van der Waals surface area contributed by atoms with Gasteiger partial charge in [-0.2, -0.15) is 0 Å². The van der Waals surface area contributed by atoms with Crippen LogP contribution >= 0.6 is 0 Å². The van der Waals surface area contributed by atoms with Crippen LogP contribution in [0.25, 0.3) is 78.1 Å². The van der Waals surface area contributed by atoms with Crippen molar-refractivity contribution in [2.24, 2.45) is 14.1 Å². The van der Waals surface area contributed by atoms with Gasteiger partial charge in [0.25, 0.3) is 0 Å². The highest BCUT2D eigenvalue weighted by Crippen LogP contribution is 2.36. The molecule has 274 valence electrons. The molecule has 0 aliphatic rings. The highest BCUT2D eigenvalue weighted by Gasteiger charge is 2.20. The fourth-order valence-corrected chi connectivity index (χ4v) is 8.52. The molecule has 0 N–H and O–H groups in total. The fraction of sp³-hybridized carbons (Fsp3) is 0.148. The summed E-state index contributed by atoms with van der Waals surface area (Å²) < 4.78 is 4.51. The van der Waals surface area contributed by atoms with Crippen LogP contribution in [0.15, 0.2) is 158 Å². The average Bonchev–Trinajstić information content (AvgIpc) is 3.19. The molecule has 6 aromatic carbocycles. The van der Waals surface area contributed by atoms with Crippen molar-refractivity contribution in [3.8, 4) is 78.1 Å². The van der Waals surface area contributed by atoms with Gasteiger partial charge in [0.2, 0.25) is 11.4 Å².